The Hall–Kier alpha value is -0.160. The van der Waals surface area contributed by atoms with Gasteiger partial charge in [-0.25, -0.2) is 0 Å². The highest BCUT2D eigenvalue weighted by atomic mass is 16.5. The maximum atomic E-state index is 5.84. The van der Waals surface area contributed by atoms with Gasteiger partial charge in [0.25, 0.3) is 0 Å². The summed E-state index contributed by atoms with van der Waals surface area (Å²) < 4.78 is 11.1. The van der Waals surface area contributed by atoms with Crippen molar-refractivity contribution in [3.8, 4) is 0 Å². The van der Waals surface area contributed by atoms with E-state index in [1.54, 1.807) is 7.11 Å². The smallest absolute Gasteiger partial charge is 0.0733 e. The Balaban J connectivity index is 1.76. The molecule has 2 rings (SSSR count). The molecule has 4 nitrogen and oxygen atoms in total. The lowest BCUT2D eigenvalue weighted by atomic mass is 9.94. The Kier molecular flexibility index (Phi) is 4.58. The molecule has 4 atom stereocenters. The minimum Gasteiger partial charge on any atom is -0.383 e. The summed E-state index contributed by atoms with van der Waals surface area (Å²) in [5.74, 6) is 0. The molecule has 0 saturated carbocycles. The summed E-state index contributed by atoms with van der Waals surface area (Å²) in [6.07, 6.45) is 6.76. The first-order chi connectivity index (χ1) is 7.83. The third-order valence-corrected chi connectivity index (χ3v) is 3.68. The summed E-state index contributed by atoms with van der Waals surface area (Å²) in [5, 5.41) is 3.68. The molecule has 2 heterocycles. The quantitative estimate of drug-likeness (QED) is 0.672. The molecule has 0 amide bonds. The molecule has 2 bridgehead atoms. The summed E-state index contributed by atoms with van der Waals surface area (Å²) >= 11 is 0. The number of hydrogen-bond donors (Lipinski definition) is 2. The number of nitrogens with one attached hydrogen (secondary N) is 1. The zero-order valence-electron chi connectivity index (χ0n) is 10.2. The van der Waals surface area contributed by atoms with Gasteiger partial charge < -0.3 is 20.5 Å². The number of nitrogens with two attached hydrogens (primary N) is 1. The van der Waals surface area contributed by atoms with Crippen molar-refractivity contribution in [2.45, 2.75) is 56.4 Å². The SMILES string of the molecule is COCC(CCCN)NC1CC2CCC1O2. The molecule has 3 N–H and O–H groups in total. The molecular formula is C12H24N2O2. The zero-order valence-corrected chi connectivity index (χ0v) is 10.2. The Morgan fingerprint density at radius 3 is 2.94 bits per heavy atom. The van der Waals surface area contributed by atoms with E-state index in [1.807, 2.05) is 0 Å². The molecule has 0 radical (unpaired) electrons. The van der Waals surface area contributed by atoms with E-state index in [0.29, 0.717) is 24.3 Å². The van der Waals surface area contributed by atoms with Crippen LogP contribution in [0.3, 0.4) is 0 Å². The van der Waals surface area contributed by atoms with Gasteiger partial charge in [-0.15, -0.1) is 0 Å². The van der Waals surface area contributed by atoms with Gasteiger partial charge in [-0.3, -0.25) is 0 Å². The second-order valence-electron chi connectivity index (χ2n) is 4.97. The molecule has 0 aliphatic carbocycles. The fourth-order valence-corrected chi connectivity index (χ4v) is 2.90. The van der Waals surface area contributed by atoms with Crippen molar-refractivity contribution in [3.05, 3.63) is 0 Å². The Labute approximate surface area is 97.9 Å². The lowest BCUT2D eigenvalue weighted by Gasteiger charge is -2.26. The van der Waals surface area contributed by atoms with E-state index in [0.717, 1.165) is 26.0 Å². The standard InChI is InChI=1S/C12H24N2O2/c1-15-8-9(3-2-6-13)14-11-7-10-4-5-12(11)16-10/h9-12,14H,2-8,13H2,1H3. The second-order valence-corrected chi connectivity index (χ2v) is 4.97. The Morgan fingerprint density at radius 1 is 1.50 bits per heavy atom. The molecule has 0 aromatic heterocycles. The number of hydrogen-bond acceptors (Lipinski definition) is 4. The van der Waals surface area contributed by atoms with Crippen LogP contribution in [-0.4, -0.2) is 44.6 Å². The highest BCUT2D eigenvalue weighted by Crippen LogP contribution is 2.34. The van der Waals surface area contributed by atoms with Gasteiger partial charge in [-0.05, 0) is 38.6 Å². The van der Waals surface area contributed by atoms with Gasteiger partial charge >= 0.3 is 0 Å². The Morgan fingerprint density at radius 2 is 2.38 bits per heavy atom. The van der Waals surface area contributed by atoms with Crippen molar-refractivity contribution >= 4 is 0 Å². The van der Waals surface area contributed by atoms with Crippen LogP contribution in [0.1, 0.15) is 32.1 Å². The van der Waals surface area contributed by atoms with Crippen molar-refractivity contribution in [1.29, 1.82) is 0 Å². The Bertz CT molecular complexity index is 213. The average molecular weight is 228 g/mol. The average Bonchev–Trinajstić information content (AvgIpc) is 2.88. The predicted molar refractivity (Wildman–Crippen MR) is 63.4 cm³/mol. The zero-order chi connectivity index (χ0) is 11.4. The van der Waals surface area contributed by atoms with Crippen molar-refractivity contribution in [2.24, 2.45) is 5.73 Å². The summed E-state index contributed by atoms with van der Waals surface area (Å²) in [5.41, 5.74) is 5.55. The van der Waals surface area contributed by atoms with E-state index >= 15 is 0 Å². The van der Waals surface area contributed by atoms with Crippen molar-refractivity contribution < 1.29 is 9.47 Å². The van der Waals surface area contributed by atoms with E-state index < -0.39 is 0 Å². The van der Waals surface area contributed by atoms with Crippen LogP contribution in [0, 0.1) is 0 Å². The first-order valence-electron chi connectivity index (χ1n) is 6.44. The minimum absolute atomic E-state index is 0.432. The van der Waals surface area contributed by atoms with Crippen LogP contribution in [0.4, 0.5) is 0 Å². The summed E-state index contributed by atoms with van der Waals surface area (Å²) in [6.45, 7) is 1.53. The van der Waals surface area contributed by atoms with Crippen LogP contribution in [0.5, 0.6) is 0 Å². The maximum Gasteiger partial charge on any atom is 0.0733 e. The topological polar surface area (TPSA) is 56.5 Å². The normalized spacial score (nSPS) is 34.5. The molecule has 2 saturated heterocycles. The molecule has 0 aromatic carbocycles. The summed E-state index contributed by atoms with van der Waals surface area (Å²) in [7, 11) is 1.76. The predicted octanol–water partition coefficient (Wildman–Crippen LogP) is 0.650. The second kappa shape index (κ2) is 5.96. The number of fused-ring (bicyclic) bond motifs is 2. The van der Waals surface area contributed by atoms with Crippen LogP contribution in [0.25, 0.3) is 0 Å². The highest BCUT2D eigenvalue weighted by Gasteiger charge is 2.41. The van der Waals surface area contributed by atoms with E-state index in [1.165, 1.54) is 19.3 Å². The van der Waals surface area contributed by atoms with Crippen LogP contribution >= 0.6 is 0 Å². The molecule has 2 aliphatic rings. The third-order valence-electron chi connectivity index (χ3n) is 3.68. The van der Waals surface area contributed by atoms with Gasteiger partial charge in [0.15, 0.2) is 0 Å². The van der Waals surface area contributed by atoms with Crippen molar-refractivity contribution in [1.82, 2.24) is 5.32 Å². The van der Waals surface area contributed by atoms with E-state index in [4.69, 9.17) is 15.2 Å². The summed E-state index contributed by atoms with van der Waals surface area (Å²) in [6, 6.07) is 0.971. The molecule has 16 heavy (non-hydrogen) atoms. The highest BCUT2D eigenvalue weighted by molar-refractivity contribution is 4.95. The lowest BCUT2D eigenvalue weighted by Crippen LogP contribution is -2.45. The molecular weight excluding hydrogens is 204 g/mol. The first kappa shape index (κ1) is 12.3. The third kappa shape index (κ3) is 2.94. The number of methoxy groups -OCH3 is 1. The van der Waals surface area contributed by atoms with Gasteiger partial charge in [-0.2, -0.15) is 0 Å². The minimum atomic E-state index is 0.432. The van der Waals surface area contributed by atoms with Gasteiger partial charge in [0, 0.05) is 19.2 Å². The monoisotopic (exact) mass is 228 g/mol. The molecule has 0 aromatic rings. The van der Waals surface area contributed by atoms with E-state index in [-0.39, 0.29) is 0 Å². The molecule has 2 fully saturated rings. The molecule has 2 aliphatic heterocycles. The largest absolute Gasteiger partial charge is 0.383 e. The van der Waals surface area contributed by atoms with E-state index in [9.17, 15) is 0 Å². The van der Waals surface area contributed by atoms with Crippen LogP contribution in [0.15, 0.2) is 0 Å². The van der Waals surface area contributed by atoms with Gasteiger partial charge in [0.1, 0.15) is 0 Å². The van der Waals surface area contributed by atoms with Gasteiger partial charge in [0.2, 0.25) is 0 Å². The van der Waals surface area contributed by atoms with Gasteiger partial charge in [0.05, 0.1) is 18.8 Å². The van der Waals surface area contributed by atoms with E-state index in [2.05, 4.69) is 5.32 Å². The van der Waals surface area contributed by atoms with Crippen LogP contribution < -0.4 is 11.1 Å². The molecule has 4 unspecified atom stereocenters. The molecule has 0 spiro atoms. The molecule has 4 heteroatoms. The number of rotatable bonds is 7. The van der Waals surface area contributed by atoms with Crippen molar-refractivity contribution in [2.75, 3.05) is 20.3 Å². The first-order valence-corrected chi connectivity index (χ1v) is 6.44. The van der Waals surface area contributed by atoms with Crippen LogP contribution in [0.2, 0.25) is 0 Å². The lowest BCUT2D eigenvalue weighted by molar-refractivity contribution is 0.0912. The fraction of sp³-hybridized carbons (Fsp3) is 1.00. The fourth-order valence-electron chi connectivity index (χ4n) is 2.90. The van der Waals surface area contributed by atoms with Crippen molar-refractivity contribution in [3.63, 3.8) is 0 Å². The van der Waals surface area contributed by atoms with Gasteiger partial charge in [-0.1, -0.05) is 0 Å². The summed E-state index contributed by atoms with van der Waals surface area (Å²) in [4.78, 5) is 0. The maximum absolute atomic E-state index is 5.84. The molecule has 94 valence electrons. The number of ether oxygens (including phenoxy) is 2. The van der Waals surface area contributed by atoms with Crippen LogP contribution in [-0.2, 0) is 9.47 Å².